The minimum absolute atomic E-state index is 0.175. The molecule has 3 aromatic rings. The lowest BCUT2D eigenvalue weighted by atomic mass is 9.93. The summed E-state index contributed by atoms with van der Waals surface area (Å²) in [6.07, 6.45) is 6.22. The normalized spacial score (nSPS) is 17.7. The van der Waals surface area contributed by atoms with Crippen LogP contribution < -0.4 is 4.74 Å². The summed E-state index contributed by atoms with van der Waals surface area (Å²) < 4.78 is 19.1. The number of aromatic amines is 1. The summed E-state index contributed by atoms with van der Waals surface area (Å²) >= 11 is 0. The van der Waals surface area contributed by atoms with Crippen molar-refractivity contribution in [2.45, 2.75) is 36.6 Å². The number of ether oxygens (including phenoxy) is 1. The molecule has 0 bridgehead atoms. The highest BCUT2D eigenvalue weighted by atomic mass is 32.2. The van der Waals surface area contributed by atoms with Crippen molar-refractivity contribution in [2.75, 3.05) is 6.61 Å². The number of imidazole rings is 1. The summed E-state index contributed by atoms with van der Waals surface area (Å²) in [5, 5.41) is 0.339. The predicted octanol–water partition coefficient (Wildman–Crippen LogP) is 4.02. The van der Waals surface area contributed by atoms with E-state index in [1.54, 1.807) is 6.08 Å². The van der Waals surface area contributed by atoms with Crippen LogP contribution in [0.15, 0.2) is 48.3 Å². The number of para-hydroxylation sites is 2. The molecule has 0 spiro atoms. The Balaban J connectivity index is 1.73. The van der Waals surface area contributed by atoms with Crippen molar-refractivity contribution in [2.24, 2.45) is 0 Å². The average Bonchev–Trinajstić information content (AvgIpc) is 3.10. The number of benzene rings is 1. The van der Waals surface area contributed by atoms with Crippen LogP contribution in [0.4, 0.5) is 0 Å². The molecule has 0 fully saturated rings. The van der Waals surface area contributed by atoms with E-state index in [1.165, 1.54) is 0 Å². The number of H-pyrrole nitrogens is 1. The van der Waals surface area contributed by atoms with Crippen LogP contribution in [0.1, 0.15) is 34.9 Å². The molecule has 1 aliphatic carbocycles. The molecule has 1 N–H and O–H groups in total. The number of nitrogens with zero attached hydrogens (tertiary/aromatic N) is 2. The Hall–Kier alpha value is -2.47. The summed E-state index contributed by atoms with van der Waals surface area (Å²) in [6, 6.07) is 7.74. The molecule has 2 heterocycles. The highest BCUT2D eigenvalue weighted by Gasteiger charge is 2.31. The van der Waals surface area contributed by atoms with Crippen molar-refractivity contribution >= 4 is 21.8 Å². The molecule has 4 rings (SSSR count). The van der Waals surface area contributed by atoms with E-state index in [2.05, 4.69) is 21.5 Å². The van der Waals surface area contributed by atoms with Crippen LogP contribution in [0.25, 0.3) is 11.0 Å². The van der Waals surface area contributed by atoms with Crippen LogP contribution in [0.5, 0.6) is 5.75 Å². The minimum atomic E-state index is -1.29. The summed E-state index contributed by atoms with van der Waals surface area (Å²) in [5.74, 6) is 0.862. The molecule has 0 saturated heterocycles. The van der Waals surface area contributed by atoms with Gasteiger partial charge in [0.1, 0.15) is 12.4 Å². The van der Waals surface area contributed by atoms with Gasteiger partial charge < -0.3 is 9.72 Å². The van der Waals surface area contributed by atoms with Gasteiger partial charge in [-0.3, -0.25) is 9.19 Å². The number of hydrogen-bond donors (Lipinski definition) is 1. The third-order valence-electron chi connectivity index (χ3n) is 4.70. The summed E-state index contributed by atoms with van der Waals surface area (Å²) in [5.41, 5.74) is 4.69. The largest absolute Gasteiger partial charge is 0.489 e. The zero-order valence-corrected chi connectivity index (χ0v) is 15.5. The van der Waals surface area contributed by atoms with Gasteiger partial charge in [0.05, 0.1) is 32.8 Å². The first kappa shape index (κ1) is 17.0. The molecule has 134 valence electrons. The summed E-state index contributed by atoms with van der Waals surface area (Å²) in [6.45, 7) is 6.16. The number of fused-ring (bicyclic) bond motifs is 2. The second kappa shape index (κ2) is 7.03. The maximum absolute atomic E-state index is 13.3. The molecular formula is C20H21N3O2S. The lowest BCUT2D eigenvalue weighted by Crippen LogP contribution is -2.19. The zero-order chi connectivity index (χ0) is 18.1. The van der Waals surface area contributed by atoms with Crippen molar-refractivity contribution in [3.05, 3.63) is 59.9 Å². The number of hydrogen-bond acceptors (Lipinski definition) is 4. The van der Waals surface area contributed by atoms with E-state index in [4.69, 9.17) is 4.74 Å². The van der Waals surface area contributed by atoms with Gasteiger partial charge in [0, 0.05) is 17.3 Å². The first-order valence-electron chi connectivity index (χ1n) is 8.76. The van der Waals surface area contributed by atoms with Gasteiger partial charge in [-0.05, 0) is 38.3 Å². The smallest absolute Gasteiger partial charge is 0.198 e. The highest BCUT2D eigenvalue weighted by molar-refractivity contribution is 7.85. The van der Waals surface area contributed by atoms with Gasteiger partial charge in [0.2, 0.25) is 0 Å². The van der Waals surface area contributed by atoms with Gasteiger partial charge in [0.15, 0.2) is 5.16 Å². The molecule has 0 aliphatic heterocycles. The van der Waals surface area contributed by atoms with E-state index < -0.39 is 10.8 Å². The maximum atomic E-state index is 13.3. The van der Waals surface area contributed by atoms with E-state index in [0.29, 0.717) is 11.8 Å². The molecule has 6 heteroatoms. The van der Waals surface area contributed by atoms with Crippen LogP contribution >= 0.6 is 0 Å². The maximum Gasteiger partial charge on any atom is 0.198 e. The molecule has 0 radical (unpaired) electrons. The third-order valence-corrected chi connectivity index (χ3v) is 6.25. The van der Waals surface area contributed by atoms with Gasteiger partial charge in [-0.1, -0.05) is 24.8 Å². The van der Waals surface area contributed by atoms with Crippen molar-refractivity contribution in [3.63, 3.8) is 0 Å². The molecule has 2 atom stereocenters. The Labute approximate surface area is 155 Å². The van der Waals surface area contributed by atoms with Crippen molar-refractivity contribution in [1.82, 2.24) is 15.0 Å². The molecular weight excluding hydrogens is 346 g/mol. The van der Waals surface area contributed by atoms with Crippen LogP contribution in [-0.2, 0) is 17.2 Å². The first-order chi connectivity index (χ1) is 12.7. The number of aromatic nitrogens is 3. The van der Waals surface area contributed by atoms with E-state index in [0.717, 1.165) is 52.9 Å². The predicted molar refractivity (Wildman–Crippen MR) is 103 cm³/mol. The second-order valence-electron chi connectivity index (χ2n) is 6.47. The van der Waals surface area contributed by atoms with Crippen LogP contribution in [-0.4, -0.2) is 25.8 Å². The summed E-state index contributed by atoms with van der Waals surface area (Å²) in [7, 11) is -1.29. The molecule has 5 nitrogen and oxygen atoms in total. The SMILES string of the molecule is C=CCOc1c(C)cnc2c1CCCC2S(=O)c1nc2ccccc2[nH]1. The van der Waals surface area contributed by atoms with Crippen LogP contribution in [0, 0.1) is 6.92 Å². The Morgan fingerprint density at radius 1 is 1.42 bits per heavy atom. The topological polar surface area (TPSA) is 67.9 Å². The van der Waals surface area contributed by atoms with E-state index >= 15 is 0 Å². The molecule has 0 amide bonds. The Bertz CT molecular complexity index is 963. The molecule has 1 aliphatic rings. The Morgan fingerprint density at radius 2 is 2.27 bits per heavy atom. The van der Waals surface area contributed by atoms with Gasteiger partial charge in [-0.2, -0.15) is 0 Å². The average molecular weight is 367 g/mol. The monoisotopic (exact) mass is 367 g/mol. The van der Waals surface area contributed by atoms with Crippen LogP contribution in [0.2, 0.25) is 0 Å². The number of pyridine rings is 1. The standard InChI is InChI=1S/C20H21N3O2S/c1-3-11-25-19-13(2)12-21-18-14(19)7-6-10-17(18)26(24)20-22-15-8-4-5-9-16(15)23-20/h3-5,8-9,12,17H,1,6-7,10-11H2,2H3,(H,22,23). The number of nitrogens with one attached hydrogen (secondary N) is 1. The Kier molecular flexibility index (Phi) is 4.59. The fraction of sp³-hybridized carbons (Fsp3) is 0.300. The molecule has 2 unspecified atom stereocenters. The Morgan fingerprint density at radius 3 is 3.08 bits per heavy atom. The van der Waals surface area contributed by atoms with Crippen molar-refractivity contribution < 1.29 is 8.95 Å². The van der Waals surface area contributed by atoms with E-state index in [1.807, 2.05) is 37.4 Å². The summed E-state index contributed by atoms with van der Waals surface area (Å²) in [4.78, 5) is 12.4. The molecule has 0 saturated carbocycles. The number of rotatable bonds is 5. The fourth-order valence-electron chi connectivity index (χ4n) is 3.49. The van der Waals surface area contributed by atoms with E-state index in [-0.39, 0.29) is 5.25 Å². The molecule has 2 aromatic heterocycles. The lowest BCUT2D eigenvalue weighted by Gasteiger charge is -2.25. The van der Waals surface area contributed by atoms with Gasteiger partial charge in [-0.25, -0.2) is 4.98 Å². The third kappa shape index (κ3) is 2.94. The van der Waals surface area contributed by atoms with Gasteiger partial charge in [-0.15, -0.1) is 0 Å². The van der Waals surface area contributed by atoms with Gasteiger partial charge >= 0.3 is 0 Å². The van der Waals surface area contributed by atoms with Crippen LogP contribution in [0.3, 0.4) is 0 Å². The second-order valence-corrected chi connectivity index (χ2v) is 8.02. The zero-order valence-electron chi connectivity index (χ0n) is 14.7. The minimum Gasteiger partial charge on any atom is -0.489 e. The number of aryl methyl sites for hydroxylation is 1. The van der Waals surface area contributed by atoms with Gasteiger partial charge in [0.25, 0.3) is 0 Å². The van der Waals surface area contributed by atoms with E-state index in [9.17, 15) is 4.21 Å². The van der Waals surface area contributed by atoms with Crippen molar-refractivity contribution in [1.29, 1.82) is 0 Å². The fourth-order valence-corrected chi connectivity index (χ4v) is 4.94. The first-order valence-corrected chi connectivity index (χ1v) is 9.97. The lowest BCUT2D eigenvalue weighted by molar-refractivity contribution is 0.353. The molecule has 26 heavy (non-hydrogen) atoms. The van der Waals surface area contributed by atoms with Crippen molar-refractivity contribution in [3.8, 4) is 5.75 Å². The quantitative estimate of drug-likeness (QED) is 0.692. The highest BCUT2D eigenvalue weighted by Crippen LogP contribution is 2.40. The molecule has 1 aromatic carbocycles.